The second-order valence-electron chi connectivity index (χ2n) is 5.36. The average Bonchev–Trinajstić information content (AvgIpc) is 2.47. The molecule has 2 aliphatic rings. The number of nitrogens with zero attached hydrogens (tertiary/aromatic N) is 1. The van der Waals surface area contributed by atoms with Gasteiger partial charge in [0.1, 0.15) is 0 Å². The van der Waals surface area contributed by atoms with Crippen LogP contribution in [0.15, 0.2) is 0 Å². The minimum Gasteiger partial charge on any atom is -0.469 e. The number of rotatable bonds is 4. The molecule has 0 aromatic carbocycles. The molecule has 0 bridgehead atoms. The van der Waals surface area contributed by atoms with Crippen LogP contribution in [0.2, 0.25) is 0 Å². The SMILES string of the molecule is COC(=O)C1CCN(S(=O)(=O)N[C@H]2CCCNC2)CC1. The van der Waals surface area contributed by atoms with Gasteiger partial charge in [-0.05, 0) is 32.2 Å². The fourth-order valence-corrected chi connectivity index (χ4v) is 4.20. The van der Waals surface area contributed by atoms with Crippen molar-refractivity contribution in [2.75, 3.05) is 33.3 Å². The number of hydrogen-bond acceptors (Lipinski definition) is 5. The van der Waals surface area contributed by atoms with Crippen LogP contribution >= 0.6 is 0 Å². The number of carbonyl (C=O) groups is 1. The summed E-state index contributed by atoms with van der Waals surface area (Å²) in [6, 6.07) is -0.0351. The van der Waals surface area contributed by atoms with Crippen LogP contribution in [-0.2, 0) is 19.7 Å². The zero-order valence-corrected chi connectivity index (χ0v) is 12.6. The minimum atomic E-state index is -3.45. The predicted octanol–water partition coefficient (Wildman–Crippen LogP) is -0.542. The van der Waals surface area contributed by atoms with E-state index in [1.807, 2.05) is 0 Å². The van der Waals surface area contributed by atoms with E-state index in [4.69, 9.17) is 4.74 Å². The zero-order valence-electron chi connectivity index (χ0n) is 11.8. The van der Waals surface area contributed by atoms with Crippen molar-refractivity contribution in [2.24, 2.45) is 5.92 Å². The topological polar surface area (TPSA) is 87.7 Å². The number of carbonyl (C=O) groups excluding carboxylic acids is 1. The van der Waals surface area contributed by atoms with E-state index in [0.717, 1.165) is 19.4 Å². The molecule has 0 aromatic heterocycles. The van der Waals surface area contributed by atoms with Gasteiger partial charge in [-0.3, -0.25) is 4.79 Å². The fourth-order valence-electron chi connectivity index (χ4n) is 2.74. The lowest BCUT2D eigenvalue weighted by Gasteiger charge is -2.32. The Hall–Kier alpha value is -0.700. The van der Waals surface area contributed by atoms with E-state index in [9.17, 15) is 13.2 Å². The first kappa shape index (κ1) is 15.7. The molecule has 2 N–H and O–H groups in total. The first-order valence-electron chi connectivity index (χ1n) is 7.09. The molecule has 0 saturated carbocycles. The molecule has 0 radical (unpaired) electrons. The second-order valence-corrected chi connectivity index (χ2v) is 7.06. The van der Waals surface area contributed by atoms with Crippen molar-refractivity contribution in [3.63, 3.8) is 0 Å². The van der Waals surface area contributed by atoms with Gasteiger partial charge in [0, 0.05) is 25.7 Å². The maximum absolute atomic E-state index is 12.3. The number of esters is 1. The van der Waals surface area contributed by atoms with Gasteiger partial charge in [0.25, 0.3) is 10.2 Å². The zero-order chi connectivity index (χ0) is 14.6. The van der Waals surface area contributed by atoms with E-state index < -0.39 is 10.2 Å². The van der Waals surface area contributed by atoms with Crippen molar-refractivity contribution < 1.29 is 17.9 Å². The molecule has 0 aliphatic carbocycles. The van der Waals surface area contributed by atoms with Crippen LogP contribution in [0.5, 0.6) is 0 Å². The third kappa shape index (κ3) is 3.91. The first-order valence-corrected chi connectivity index (χ1v) is 8.53. The van der Waals surface area contributed by atoms with Gasteiger partial charge in [0.05, 0.1) is 13.0 Å². The summed E-state index contributed by atoms with van der Waals surface area (Å²) in [6.45, 7) is 2.37. The molecule has 2 heterocycles. The molecule has 8 heteroatoms. The molecule has 20 heavy (non-hydrogen) atoms. The monoisotopic (exact) mass is 305 g/mol. The molecule has 0 unspecified atom stereocenters. The summed E-state index contributed by atoms with van der Waals surface area (Å²) >= 11 is 0. The van der Waals surface area contributed by atoms with E-state index in [1.54, 1.807) is 0 Å². The van der Waals surface area contributed by atoms with Crippen LogP contribution in [0.25, 0.3) is 0 Å². The number of nitrogens with one attached hydrogen (secondary N) is 2. The molecule has 2 saturated heterocycles. The van der Waals surface area contributed by atoms with E-state index in [-0.39, 0.29) is 17.9 Å². The Morgan fingerprint density at radius 2 is 2.00 bits per heavy atom. The van der Waals surface area contributed by atoms with Crippen molar-refractivity contribution in [2.45, 2.75) is 31.7 Å². The highest BCUT2D eigenvalue weighted by Crippen LogP contribution is 2.20. The summed E-state index contributed by atoms with van der Waals surface area (Å²) in [5.74, 6) is -0.422. The second kappa shape index (κ2) is 6.84. The Morgan fingerprint density at radius 1 is 1.30 bits per heavy atom. The normalized spacial score (nSPS) is 26.4. The first-order chi connectivity index (χ1) is 9.53. The maximum Gasteiger partial charge on any atom is 0.308 e. The molecular formula is C12H23N3O4S. The van der Waals surface area contributed by atoms with Gasteiger partial charge >= 0.3 is 5.97 Å². The summed E-state index contributed by atoms with van der Waals surface area (Å²) in [6.07, 6.45) is 2.90. The molecule has 0 spiro atoms. The smallest absolute Gasteiger partial charge is 0.308 e. The van der Waals surface area contributed by atoms with Crippen molar-refractivity contribution in [3.8, 4) is 0 Å². The summed E-state index contributed by atoms with van der Waals surface area (Å²) < 4.78 is 33.4. The lowest BCUT2D eigenvalue weighted by Crippen LogP contribution is -2.52. The van der Waals surface area contributed by atoms with Gasteiger partial charge in [-0.1, -0.05) is 0 Å². The lowest BCUT2D eigenvalue weighted by molar-refractivity contribution is -0.146. The van der Waals surface area contributed by atoms with Gasteiger partial charge in [0.15, 0.2) is 0 Å². The molecule has 0 aromatic rings. The quantitative estimate of drug-likeness (QED) is 0.681. The van der Waals surface area contributed by atoms with Crippen LogP contribution in [0, 0.1) is 5.92 Å². The minimum absolute atomic E-state index is 0.0351. The number of piperidine rings is 2. The Balaban J connectivity index is 1.86. The molecule has 0 amide bonds. The number of hydrogen-bond donors (Lipinski definition) is 2. The largest absolute Gasteiger partial charge is 0.469 e. The lowest BCUT2D eigenvalue weighted by atomic mass is 9.99. The van der Waals surface area contributed by atoms with Gasteiger partial charge in [-0.25, -0.2) is 0 Å². The van der Waals surface area contributed by atoms with E-state index in [0.29, 0.717) is 32.5 Å². The predicted molar refractivity (Wildman–Crippen MR) is 74.3 cm³/mol. The van der Waals surface area contributed by atoms with Crippen LogP contribution in [0.4, 0.5) is 0 Å². The van der Waals surface area contributed by atoms with Gasteiger partial charge < -0.3 is 10.1 Å². The van der Waals surface area contributed by atoms with E-state index in [2.05, 4.69) is 10.0 Å². The molecule has 7 nitrogen and oxygen atoms in total. The van der Waals surface area contributed by atoms with E-state index >= 15 is 0 Å². The van der Waals surface area contributed by atoms with Crippen molar-refractivity contribution >= 4 is 16.2 Å². The molecule has 116 valence electrons. The standard InChI is InChI=1S/C12H23N3O4S/c1-19-12(16)10-4-7-15(8-5-10)20(17,18)14-11-3-2-6-13-9-11/h10-11,13-14H,2-9H2,1H3/t11-/m0/s1. The average molecular weight is 305 g/mol. The number of ether oxygens (including phenoxy) is 1. The summed E-state index contributed by atoms with van der Waals surface area (Å²) in [5.41, 5.74) is 0. The maximum atomic E-state index is 12.3. The molecule has 2 aliphatic heterocycles. The van der Waals surface area contributed by atoms with Crippen LogP contribution < -0.4 is 10.0 Å². The van der Waals surface area contributed by atoms with Crippen molar-refractivity contribution in [1.82, 2.24) is 14.3 Å². The van der Waals surface area contributed by atoms with Crippen LogP contribution in [0.3, 0.4) is 0 Å². The molecule has 1 atom stereocenters. The Bertz CT molecular complexity index is 426. The molecule has 2 fully saturated rings. The molecule has 2 rings (SSSR count). The molecular weight excluding hydrogens is 282 g/mol. The summed E-state index contributed by atoms with van der Waals surface area (Å²) in [5, 5.41) is 3.18. The third-order valence-electron chi connectivity index (χ3n) is 3.94. The summed E-state index contributed by atoms with van der Waals surface area (Å²) in [7, 11) is -2.08. The highest BCUT2D eigenvalue weighted by Gasteiger charge is 2.32. The Kier molecular flexibility index (Phi) is 5.36. The number of methoxy groups -OCH3 is 1. The van der Waals surface area contributed by atoms with Crippen molar-refractivity contribution in [1.29, 1.82) is 0 Å². The van der Waals surface area contributed by atoms with Crippen LogP contribution in [-0.4, -0.2) is 58.0 Å². The van der Waals surface area contributed by atoms with Crippen LogP contribution in [0.1, 0.15) is 25.7 Å². The fraction of sp³-hybridized carbons (Fsp3) is 0.917. The Morgan fingerprint density at radius 3 is 2.55 bits per heavy atom. The summed E-state index contributed by atoms with van der Waals surface area (Å²) in [4.78, 5) is 11.4. The highest BCUT2D eigenvalue weighted by atomic mass is 32.2. The van der Waals surface area contributed by atoms with E-state index in [1.165, 1.54) is 11.4 Å². The van der Waals surface area contributed by atoms with Gasteiger partial charge in [-0.15, -0.1) is 0 Å². The van der Waals surface area contributed by atoms with Crippen molar-refractivity contribution in [3.05, 3.63) is 0 Å². The van der Waals surface area contributed by atoms with Gasteiger partial charge in [-0.2, -0.15) is 17.4 Å². The highest BCUT2D eigenvalue weighted by molar-refractivity contribution is 7.87. The third-order valence-corrected chi connectivity index (χ3v) is 5.62. The van der Waals surface area contributed by atoms with Gasteiger partial charge in [0.2, 0.25) is 0 Å². The Labute approximate surface area is 120 Å².